The van der Waals surface area contributed by atoms with E-state index in [-0.39, 0.29) is 0 Å². The summed E-state index contributed by atoms with van der Waals surface area (Å²) in [6, 6.07) is 10.0. The van der Waals surface area contributed by atoms with Crippen LogP contribution < -0.4 is 0 Å². The summed E-state index contributed by atoms with van der Waals surface area (Å²) in [5, 5.41) is 0. The summed E-state index contributed by atoms with van der Waals surface area (Å²) >= 11 is 5.04. The number of aromatic nitrogens is 4. The zero-order valence-electron chi connectivity index (χ0n) is 9.21. The lowest BCUT2D eigenvalue weighted by Crippen LogP contribution is -1.93. The molecule has 84 valence electrons. The lowest BCUT2D eigenvalue weighted by Gasteiger charge is -2.00. The number of rotatable bonds is 1. The smallest absolute Gasteiger partial charge is 0.177 e. The first-order valence-electron chi connectivity index (χ1n) is 5.23. The van der Waals surface area contributed by atoms with Crippen molar-refractivity contribution >= 4 is 23.5 Å². The van der Waals surface area contributed by atoms with E-state index in [0.717, 1.165) is 22.7 Å². The molecule has 0 aliphatic heterocycles. The zero-order valence-corrected chi connectivity index (χ0v) is 10.0. The second kappa shape index (κ2) is 3.78. The highest BCUT2D eigenvalue weighted by Crippen LogP contribution is 2.20. The second-order valence-electron chi connectivity index (χ2n) is 3.78. The highest BCUT2D eigenvalue weighted by Gasteiger charge is 2.10. The number of hydrogen-bond donors (Lipinski definition) is 1. The first-order valence-corrected chi connectivity index (χ1v) is 5.64. The van der Waals surface area contributed by atoms with E-state index < -0.39 is 0 Å². The molecule has 2 heterocycles. The number of hydrogen-bond acceptors (Lipinski definition) is 3. The van der Waals surface area contributed by atoms with Crippen LogP contribution in [0.3, 0.4) is 0 Å². The first-order chi connectivity index (χ1) is 8.25. The topological polar surface area (TPSA) is 46.5 Å². The van der Waals surface area contributed by atoms with Gasteiger partial charge < -0.3 is 9.55 Å². The molecular weight excluding hydrogens is 232 g/mol. The van der Waals surface area contributed by atoms with E-state index in [9.17, 15) is 0 Å². The molecule has 3 rings (SSSR count). The van der Waals surface area contributed by atoms with E-state index in [1.165, 1.54) is 0 Å². The van der Waals surface area contributed by atoms with Gasteiger partial charge in [-0.15, -0.1) is 0 Å². The summed E-state index contributed by atoms with van der Waals surface area (Å²) < 4.78 is 2.55. The maximum atomic E-state index is 5.04. The monoisotopic (exact) mass is 242 g/mol. The van der Waals surface area contributed by atoms with Crippen molar-refractivity contribution in [1.82, 2.24) is 19.5 Å². The van der Waals surface area contributed by atoms with Gasteiger partial charge in [-0.25, -0.2) is 9.97 Å². The zero-order chi connectivity index (χ0) is 11.8. The van der Waals surface area contributed by atoms with Crippen LogP contribution in [0.5, 0.6) is 0 Å². The van der Waals surface area contributed by atoms with Gasteiger partial charge in [-0.1, -0.05) is 42.5 Å². The van der Waals surface area contributed by atoms with Crippen molar-refractivity contribution in [3.63, 3.8) is 0 Å². The molecule has 0 aliphatic rings. The highest BCUT2D eigenvalue weighted by atomic mass is 32.1. The Kier molecular flexibility index (Phi) is 2.26. The molecule has 2 aromatic heterocycles. The Morgan fingerprint density at radius 1 is 1.24 bits per heavy atom. The molecule has 3 aromatic rings. The molecule has 1 N–H and O–H groups in total. The molecule has 0 bridgehead atoms. The van der Waals surface area contributed by atoms with Crippen molar-refractivity contribution in [2.24, 2.45) is 7.05 Å². The van der Waals surface area contributed by atoms with Crippen molar-refractivity contribution < 1.29 is 0 Å². The van der Waals surface area contributed by atoms with Gasteiger partial charge in [-0.2, -0.15) is 0 Å². The minimum Gasteiger partial charge on any atom is -0.327 e. The maximum Gasteiger partial charge on any atom is 0.177 e. The van der Waals surface area contributed by atoms with E-state index in [0.29, 0.717) is 4.64 Å². The Labute approximate surface area is 103 Å². The number of aromatic amines is 1. The van der Waals surface area contributed by atoms with Gasteiger partial charge in [0.25, 0.3) is 0 Å². The minimum absolute atomic E-state index is 0.593. The Bertz CT molecular complexity index is 727. The van der Waals surface area contributed by atoms with E-state index in [1.807, 2.05) is 41.9 Å². The van der Waals surface area contributed by atoms with Crippen LogP contribution >= 0.6 is 12.2 Å². The number of imidazole rings is 1. The summed E-state index contributed by atoms with van der Waals surface area (Å²) in [5.74, 6) is 0.880. The molecule has 0 saturated carbocycles. The van der Waals surface area contributed by atoms with Gasteiger partial charge in [0.15, 0.2) is 11.3 Å². The average molecular weight is 242 g/mol. The van der Waals surface area contributed by atoms with Gasteiger partial charge in [-0.3, -0.25) is 0 Å². The standard InChI is InChI=1S/C12H10N4S/c1-16-11(8-5-3-2-4-6-8)15-10-12(16)13-7-9(17)14-10/h2-7H,1H3,(H,14,17). The summed E-state index contributed by atoms with van der Waals surface area (Å²) in [6.45, 7) is 0. The van der Waals surface area contributed by atoms with Gasteiger partial charge in [0.05, 0.1) is 6.20 Å². The number of aryl methyl sites for hydroxylation is 1. The van der Waals surface area contributed by atoms with Gasteiger partial charge in [-0.05, 0) is 0 Å². The SMILES string of the molecule is Cn1c(-c2ccccc2)nc2[nH]c(=S)cnc21. The molecule has 4 nitrogen and oxygen atoms in total. The van der Waals surface area contributed by atoms with Crippen LogP contribution in [0.25, 0.3) is 22.7 Å². The molecule has 0 fully saturated rings. The van der Waals surface area contributed by atoms with Crippen LogP contribution in [0, 0.1) is 4.64 Å². The third kappa shape index (κ3) is 1.64. The van der Waals surface area contributed by atoms with Crippen LogP contribution in [0.4, 0.5) is 0 Å². The van der Waals surface area contributed by atoms with Crippen molar-refractivity contribution in [3.05, 3.63) is 41.2 Å². The van der Waals surface area contributed by atoms with E-state index in [4.69, 9.17) is 12.2 Å². The maximum absolute atomic E-state index is 5.04. The van der Waals surface area contributed by atoms with Crippen LogP contribution in [-0.2, 0) is 7.05 Å². The van der Waals surface area contributed by atoms with Crippen molar-refractivity contribution in [3.8, 4) is 11.4 Å². The Balaban J connectivity index is 2.32. The molecule has 0 atom stereocenters. The Morgan fingerprint density at radius 2 is 2.00 bits per heavy atom. The largest absolute Gasteiger partial charge is 0.327 e. The predicted molar refractivity (Wildman–Crippen MR) is 69.1 cm³/mol. The van der Waals surface area contributed by atoms with Gasteiger partial charge in [0.1, 0.15) is 10.5 Å². The molecule has 0 aliphatic carbocycles. The lowest BCUT2D eigenvalue weighted by atomic mass is 10.2. The minimum atomic E-state index is 0.593. The van der Waals surface area contributed by atoms with Crippen LogP contribution in [0.1, 0.15) is 0 Å². The molecule has 1 aromatic carbocycles. The fourth-order valence-corrected chi connectivity index (χ4v) is 1.99. The number of fused-ring (bicyclic) bond motifs is 1. The van der Waals surface area contributed by atoms with E-state index in [1.54, 1.807) is 6.20 Å². The third-order valence-electron chi connectivity index (χ3n) is 2.64. The number of nitrogens with zero attached hydrogens (tertiary/aromatic N) is 3. The van der Waals surface area contributed by atoms with Crippen molar-refractivity contribution in [2.45, 2.75) is 0 Å². The van der Waals surface area contributed by atoms with Gasteiger partial charge in [0.2, 0.25) is 0 Å². The van der Waals surface area contributed by atoms with E-state index >= 15 is 0 Å². The van der Waals surface area contributed by atoms with Crippen molar-refractivity contribution in [2.75, 3.05) is 0 Å². The quantitative estimate of drug-likeness (QED) is 0.667. The Hall–Kier alpha value is -2.01. The normalized spacial score (nSPS) is 10.9. The summed E-state index contributed by atoms with van der Waals surface area (Å²) in [5.41, 5.74) is 2.59. The molecule has 0 radical (unpaired) electrons. The third-order valence-corrected chi connectivity index (χ3v) is 2.85. The highest BCUT2D eigenvalue weighted by molar-refractivity contribution is 7.71. The molecule has 0 unspecified atom stereocenters. The summed E-state index contributed by atoms with van der Waals surface area (Å²) in [7, 11) is 1.95. The van der Waals surface area contributed by atoms with Crippen LogP contribution in [0.15, 0.2) is 36.5 Å². The Morgan fingerprint density at radius 3 is 2.76 bits per heavy atom. The van der Waals surface area contributed by atoms with Gasteiger partial charge >= 0.3 is 0 Å². The molecule has 5 heteroatoms. The summed E-state index contributed by atoms with van der Waals surface area (Å²) in [4.78, 5) is 11.9. The fourth-order valence-electron chi connectivity index (χ4n) is 1.84. The molecule has 0 saturated heterocycles. The van der Waals surface area contributed by atoms with Gasteiger partial charge in [0, 0.05) is 12.6 Å². The average Bonchev–Trinajstić information content (AvgIpc) is 2.67. The molecule has 17 heavy (non-hydrogen) atoms. The second-order valence-corrected chi connectivity index (χ2v) is 4.22. The van der Waals surface area contributed by atoms with Crippen LogP contribution in [-0.4, -0.2) is 19.5 Å². The lowest BCUT2D eigenvalue weighted by molar-refractivity contribution is 0.941. The van der Waals surface area contributed by atoms with Crippen molar-refractivity contribution in [1.29, 1.82) is 0 Å². The predicted octanol–water partition coefficient (Wildman–Crippen LogP) is 2.69. The first kappa shape index (κ1) is 10.2. The molecular formula is C12H10N4S. The molecule has 0 amide bonds. The number of H-pyrrole nitrogens is 1. The molecule has 0 spiro atoms. The van der Waals surface area contributed by atoms with E-state index in [2.05, 4.69) is 15.0 Å². The number of nitrogens with one attached hydrogen (secondary N) is 1. The number of benzene rings is 1. The summed E-state index contributed by atoms with van der Waals surface area (Å²) in [6.07, 6.45) is 1.63. The van der Waals surface area contributed by atoms with Crippen LogP contribution in [0.2, 0.25) is 0 Å². The fraction of sp³-hybridized carbons (Fsp3) is 0.0833.